The lowest BCUT2D eigenvalue weighted by Gasteiger charge is -2.12. The number of hydrogen-bond acceptors (Lipinski definition) is 1. The van der Waals surface area contributed by atoms with Crippen molar-refractivity contribution in [1.29, 1.82) is 0 Å². The fourth-order valence-corrected chi connectivity index (χ4v) is 3.97. The van der Waals surface area contributed by atoms with Crippen LogP contribution in [0.5, 0.6) is 5.75 Å². The molecule has 0 unspecified atom stereocenters. The van der Waals surface area contributed by atoms with Gasteiger partial charge in [-0.1, -0.05) is 78.9 Å². The van der Waals surface area contributed by atoms with Gasteiger partial charge in [0.15, 0.2) is 0 Å². The van der Waals surface area contributed by atoms with Crippen LogP contribution in [0.25, 0.3) is 33.4 Å². The quantitative estimate of drug-likeness (QED) is 0.402. The molecule has 1 aliphatic carbocycles. The van der Waals surface area contributed by atoms with E-state index in [1.807, 2.05) is 24.3 Å². The van der Waals surface area contributed by atoms with Crippen LogP contribution in [0.15, 0.2) is 91.0 Å². The van der Waals surface area contributed by atoms with Crippen molar-refractivity contribution < 1.29 is 5.11 Å². The molecule has 1 heteroatoms. The Bertz CT molecular complexity index is 1110. The van der Waals surface area contributed by atoms with Crippen LogP contribution in [-0.4, -0.2) is 5.11 Å². The van der Waals surface area contributed by atoms with Gasteiger partial charge in [0.2, 0.25) is 0 Å². The van der Waals surface area contributed by atoms with Crippen LogP contribution in [-0.2, 0) is 6.42 Å². The number of aromatic hydroxyl groups is 1. The minimum absolute atomic E-state index is 0.328. The Hall–Kier alpha value is -3.32. The molecule has 0 saturated carbocycles. The summed E-state index contributed by atoms with van der Waals surface area (Å²) in [5.74, 6) is 0.328. The van der Waals surface area contributed by atoms with E-state index in [1.54, 1.807) is 6.07 Å². The van der Waals surface area contributed by atoms with Gasteiger partial charge in [-0.15, -0.1) is 0 Å². The standard InChI is InChI=1S/C25H18O/c26-25-14-13-18(17-7-2-1-3-8-17)15-24(25)22-12-6-11-21-20-10-5-4-9-19(20)16-23(21)22/h1-15,26H,16H2. The maximum Gasteiger partial charge on any atom is 0.123 e. The molecule has 0 atom stereocenters. The third-order valence-electron chi connectivity index (χ3n) is 5.24. The van der Waals surface area contributed by atoms with Crippen LogP contribution >= 0.6 is 0 Å². The second kappa shape index (κ2) is 5.89. The van der Waals surface area contributed by atoms with Gasteiger partial charge in [-0.25, -0.2) is 0 Å². The first-order chi connectivity index (χ1) is 12.8. The SMILES string of the molecule is Oc1ccc(-c2ccccc2)cc1-c1cccc2c1Cc1ccccc1-2. The summed E-state index contributed by atoms with van der Waals surface area (Å²) in [5.41, 5.74) is 9.54. The van der Waals surface area contributed by atoms with Gasteiger partial charge in [-0.2, -0.15) is 0 Å². The van der Waals surface area contributed by atoms with Crippen LogP contribution < -0.4 is 0 Å². The molecular weight excluding hydrogens is 316 g/mol. The van der Waals surface area contributed by atoms with Crippen molar-refractivity contribution in [1.82, 2.24) is 0 Å². The van der Waals surface area contributed by atoms with Gasteiger partial charge in [0, 0.05) is 5.56 Å². The van der Waals surface area contributed by atoms with E-state index in [0.29, 0.717) is 5.75 Å². The van der Waals surface area contributed by atoms with E-state index in [2.05, 4.69) is 60.7 Å². The van der Waals surface area contributed by atoms with E-state index >= 15 is 0 Å². The first kappa shape index (κ1) is 15.0. The second-order valence-corrected chi connectivity index (χ2v) is 6.76. The molecule has 0 aromatic heterocycles. The molecule has 5 rings (SSSR count). The molecule has 26 heavy (non-hydrogen) atoms. The topological polar surface area (TPSA) is 20.2 Å². The van der Waals surface area contributed by atoms with E-state index in [0.717, 1.165) is 28.7 Å². The summed E-state index contributed by atoms with van der Waals surface area (Å²) in [7, 11) is 0. The molecule has 0 fully saturated rings. The lowest BCUT2D eigenvalue weighted by atomic mass is 9.93. The van der Waals surface area contributed by atoms with Crippen LogP contribution in [0.2, 0.25) is 0 Å². The van der Waals surface area contributed by atoms with E-state index < -0.39 is 0 Å². The number of benzene rings is 4. The summed E-state index contributed by atoms with van der Waals surface area (Å²) in [6.45, 7) is 0. The van der Waals surface area contributed by atoms with Crippen LogP contribution in [0.3, 0.4) is 0 Å². The number of fused-ring (bicyclic) bond motifs is 3. The first-order valence-corrected chi connectivity index (χ1v) is 8.90. The van der Waals surface area contributed by atoms with E-state index in [4.69, 9.17) is 0 Å². The summed E-state index contributed by atoms with van der Waals surface area (Å²) in [6.07, 6.45) is 0.913. The number of phenols is 1. The van der Waals surface area contributed by atoms with Gasteiger partial charge in [0.1, 0.15) is 5.75 Å². The lowest BCUT2D eigenvalue weighted by Crippen LogP contribution is -1.89. The molecule has 124 valence electrons. The largest absolute Gasteiger partial charge is 0.507 e. The van der Waals surface area contributed by atoms with Crippen molar-refractivity contribution in [3.05, 3.63) is 102 Å². The zero-order valence-electron chi connectivity index (χ0n) is 14.3. The number of hydrogen-bond donors (Lipinski definition) is 1. The summed E-state index contributed by atoms with van der Waals surface area (Å²) in [5, 5.41) is 10.6. The van der Waals surface area contributed by atoms with Gasteiger partial charge in [-0.3, -0.25) is 0 Å². The molecule has 0 aliphatic heterocycles. The maximum atomic E-state index is 10.6. The van der Waals surface area contributed by atoms with E-state index in [9.17, 15) is 5.11 Å². The molecule has 1 aliphatic rings. The van der Waals surface area contributed by atoms with Crippen molar-refractivity contribution in [2.75, 3.05) is 0 Å². The minimum Gasteiger partial charge on any atom is -0.507 e. The van der Waals surface area contributed by atoms with Crippen molar-refractivity contribution >= 4 is 0 Å². The predicted octanol–water partition coefficient (Wildman–Crippen LogP) is 6.30. The highest BCUT2D eigenvalue weighted by Gasteiger charge is 2.22. The van der Waals surface area contributed by atoms with E-state index in [1.165, 1.54) is 22.3 Å². The molecule has 1 N–H and O–H groups in total. The molecule has 1 nitrogen and oxygen atoms in total. The predicted molar refractivity (Wildman–Crippen MR) is 107 cm³/mol. The maximum absolute atomic E-state index is 10.6. The Kier molecular flexibility index (Phi) is 3.39. The second-order valence-electron chi connectivity index (χ2n) is 6.76. The molecule has 0 bridgehead atoms. The van der Waals surface area contributed by atoms with Crippen molar-refractivity contribution in [2.45, 2.75) is 6.42 Å². The highest BCUT2D eigenvalue weighted by molar-refractivity contribution is 5.87. The Morgan fingerprint density at radius 1 is 0.538 bits per heavy atom. The molecule has 0 spiro atoms. The zero-order chi connectivity index (χ0) is 17.5. The van der Waals surface area contributed by atoms with Gasteiger partial charge >= 0.3 is 0 Å². The van der Waals surface area contributed by atoms with Crippen molar-refractivity contribution in [2.24, 2.45) is 0 Å². The lowest BCUT2D eigenvalue weighted by molar-refractivity contribution is 0.477. The zero-order valence-corrected chi connectivity index (χ0v) is 14.3. The van der Waals surface area contributed by atoms with Crippen LogP contribution in [0, 0.1) is 0 Å². The van der Waals surface area contributed by atoms with Gasteiger partial charge in [0.05, 0.1) is 0 Å². The monoisotopic (exact) mass is 334 g/mol. The highest BCUT2D eigenvalue weighted by Crippen LogP contribution is 2.44. The van der Waals surface area contributed by atoms with Gasteiger partial charge in [0.25, 0.3) is 0 Å². The Morgan fingerprint density at radius 2 is 1.23 bits per heavy atom. The number of phenolic OH excluding ortho intramolecular Hbond substituents is 1. The highest BCUT2D eigenvalue weighted by atomic mass is 16.3. The molecule has 0 saturated heterocycles. The summed E-state index contributed by atoms with van der Waals surface area (Å²) < 4.78 is 0. The average molecular weight is 334 g/mol. The van der Waals surface area contributed by atoms with Crippen LogP contribution in [0.1, 0.15) is 11.1 Å². The van der Waals surface area contributed by atoms with Gasteiger partial charge in [-0.05, 0) is 57.5 Å². The molecular formula is C25H18O. The first-order valence-electron chi connectivity index (χ1n) is 8.90. The Balaban J connectivity index is 1.69. The van der Waals surface area contributed by atoms with Crippen molar-refractivity contribution in [3.8, 4) is 39.1 Å². The third-order valence-corrected chi connectivity index (χ3v) is 5.24. The molecule has 4 aromatic rings. The summed E-state index contributed by atoms with van der Waals surface area (Å²) in [6, 6.07) is 31.1. The Labute approximate surface area is 153 Å². The fourth-order valence-electron chi connectivity index (χ4n) is 3.97. The Morgan fingerprint density at radius 3 is 2.08 bits per heavy atom. The minimum atomic E-state index is 0.328. The number of rotatable bonds is 2. The normalized spacial score (nSPS) is 11.8. The van der Waals surface area contributed by atoms with Gasteiger partial charge < -0.3 is 5.11 Å². The third kappa shape index (κ3) is 2.33. The van der Waals surface area contributed by atoms with Crippen LogP contribution in [0.4, 0.5) is 0 Å². The molecule has 0 amide bonds. The smallest absolute Gasteiger partial charge is 0.123 e. The average Bonchev–Trinajstić information content (AvgIpc) is 3.08. The molecule has 4 aromatic carbocycles. The summed E-state index contributed by atoms with van der Waals surface area (Å²) >= 11 is 0. The van der Waals surface area contributed by atoms with E-state index in [-0.39, 0.29) is 0 Å². The fraction of sp³-hybridized carbons (Fsp3) is 0.0400. The molecule has 0 radical (unpaired) electrons. The molecule has 0 heterocycles. The summed E-state index contributed by atoms with van der Waals surface area (Å²) in [4.78, 5) is 0. The van der Waals surface area contributed by atoms with Crippen molar-refractivity contribution in [3.63, 3.8) is 0 Å².